The fraction of sp³-hybridized carbons (Fsp3) is 0.312. The van der Waals surface area contributed by atoms with E-state index in [0.29, 0.717) is 5.82 Å². The SMILES string of the molecule is CC(Nc1cnc(C(=O)O)cn1)C1Oc2ccccc2C1C. The zero-order valence-electron chi connectivity index (χ0n) is 12.4. The lowest BCUT2D eigenvalue weighted by atomic mass is 9.94. The predicted octanol–water partition coefficient (Wildman–Crippen LogP) is 2.54. The average Bonchev–Trinajstić information content (AvgIpc) is 2.85. The number of carboxylic acids is 1. The summed E-state index contributed by atoms with van der Waals surface area (Å²) < 4.78 is 6.01. The molecule has 1 aromatic heterocycles. The molecule has 6 nitrogen and oxygen atoms in total. The Morgan fingerprint density at radius 1 is 1.32 bits per heavy atom. The highest BCUT2D eigenvalue weighted by Crippen LogP contribution is 2.39. The summed E-state index contributed by atoms with van der Waals surface area (Å²) in [6.07, 6.45) is 2.65. The van der Waals surface area contributed by atoms with Crippen LogP contribution in [0.2, 0.25) is 0 Å². The van der Waals surface area contributed by atoms with Gasteiger partial charge in [0.25, 0.3) is 0 Å². The lowest BCUT2D eigenvalue weighted by Crippen LogP contribution is -2.36. The molecule has 3 atom stereocenters. The minimum atomic E-state index is -1.09. The molecule has 114 valence electrons. The van der Waals surface area contributed by atoms with Gasteiger partial charge < -0.3 is 15.2 Å². The van der Waals surface area contributed by atoms with Crippen LogP contribution in [-0.4, -0.2) is 33.2 Å². The molecule has 0 saturated heterocycles. The third-order valence-electron chi connectivity index (χ3n) is 3.90. The van der Waals surface area contributed by atoms with Gasteiger partial charge in [-0.15, -0.1) is 0 Å². The molecule has 2 N–H and O–H groups in total. The summed E-state index contributed by atoms with van der Waals surface area (Å²) in [5.41, 5.74) is 1.13. The molecule has 0 saturated carbocycles. The lowest BCUT2D eigenvalue weighted by molar-refractivity contribution is 0.0690. The molecule has 0 amide bonds. The van der Waals surface area contributed by atoms with Crippen molar-refractivity contribution < 1.29 is 14.6 Å². The monoisotopic (exact) mass is 299 g/mol. The van der Waals surface area contributed by atoms with Crippen molar-refractivity contribution in [1.29, 1.82) is 0 Å². The number of ether oxygens (including phenoxy) is 1. The van der Waals surface area contributed by atoms with Crippen molar-refractivity contribution in [2.24, 2.45) is 0 Å². The van der Waals surface area contributed by atoms with Crippen molar-refractivity contribution in [3.63, 3.8) is 0 Å². The van der Waals surface area contributed by atoms with Gasteiger partial charge in [0.2, 0.25) is 0 Å². The van der Waals surface area contributed by atoms with Crippen LogP contribution in [-0.2, 0) is 0 Å². The molecule has 1 aromatic carbocycles. The Morgan fingerprint density at radius 2 is 2.09 bits per heavy atom. The van der Waals surface area contributed by atoms with Crippen molar-refractivity contribution >= 4 is 11.8 Å². The number of nitrogens with one attached hydrogen (secondary N) is 1. The average molecular weight is 299 g/mol. The number of fused-ring (bicyclic) bond motifs is 1. The van der Waals surface area contributed by atoms with Gasteiger partial charge in [-0.25, -0.2) is 14.8 Å². The van der Waals surface area contributed by atoms with E-state index in [0.717, 1.165) is 5.75 Å². The van der Waals surface area contributed by atoms with Gasteiger partial charge in [-0.1, -0.05) is 25.1 Å². The van der Waals surface area contributed by atoms with E-state index in [4.69, 9.17) is 9.84 Å². The van der Waals surface area contributed by atoms with E-state index in [2.05, 4.69) is 28.3 Å². The molecule has 6 heteroatoms. The number of nitrogens with zero attached hydrogens (tertiary/aromatic N) is 2. The molecule has 0 bridgehead atoms. The number of rotatable bonds is 4. The molecule has 22 heavy (non-hydrogen) atoms. The van der Waals surface area contributed by atoms with Gasteiger partial charge in [-0.2, -0.15) is 0 Å². The summed E-state index contributed by atoms with van der Waals surface area (Å²) in [7, 11) is 0. The second-order valence-electron chi connectivity index (χ2n) is 5.43. The van der Waals surface area contributed by atoms with E-state index >= 15 is 0 Å². The molecule has 0 radical (unpaired) electrons. The Balaban J connectivity index is 1.70. The number of carboxylic acid groups (broad SMARTS) is 1. The number of para-hydroxylation sites is 1. The van der Waals surface area contributed by atoms with Gasteiger partial charge in [0.15, 0.2) is 5.69 Å². The molecule has 1 aliphatic heterocycles. The van der Waals surface area contributed by atoms with E-state index in [9.17, 15) is 4.79 Å². The normalized spacial score (nSPS) is 20.8. The molecule has 3 rings (SSSR count). The van der Waals surface area contributed by atoms with Crippen LogP contribution in [0.3, 0.4) is 0 Å². The summed E-state index contributed by atoms with van der Waals surface area (Å²) in [5, 5.41) is 12.0. The van der Waals surface area contributed by atoms with Gasteiger partial charge in [0, 0.05) is 11.5 Å². The first-order chi connectivity index (χ1) is 10.6. The Labute approximate surface area is 128 Å². The van der Waals surface area contributed by atoms with Crippen molar-refractivity contribution in [3.05, 3.63) is 47.9 Å². The molecule has 0 spiro atoms. The van der Waals surface area contributed by atoms with Gasteiger partial charge in [0.1, 0.15) is 17.7 Å². The first kappa shape index (κ1) is 14.3. The van der Waals surface area contributed by atoms with Crippen molar-refractivity contribution in [1.82, 2.24) is 9.97 Å². The molecular weight excluding hydrogens is 282 g/mol. The van der Waals surface area contributed by atoms with E-state index in [-0.39, 0.29) is 23.8 Å². The van der Waals surface area contributed by atoms with Crippen molar-refractivity contribution in [3.8, 4) is 5.75 Å². The molecule has 2 aromatic rings. The van der Waals surface area contributed by atoms with Crippen LogP contribution in [0, 0.1) is 0 Å². The Kier molecular flexibility index (Phi) is 3.66. The quantitative estimate of drug-likeness (QED) is 0.902. The topological polar surface area (TPSA) is 84.3 Å². The summed E-state index contributed by atoms with van der Waals surface area (Å²) >= 11 is 0. The standard InChI is InChI=1S/C16H17N3O3/c1-9-11-5-3-4-6-13(11)22-15(9)10(2)19-14-8-17-12(7-18-14)16(20)21/h3-10,15H,1-2H3,(H,18,19)(H,20,21). The van der Waals surface area contributed by atoms with Crippen LogP contribution >= 0.6 is 0 Å². The van der Waals surface area contributed by atoms with Crippen molar-refractivity contribution in [2.75, 3.05) is 5.32 Å². The smallest absolute Gasteiger partial charge is 0.356 e. The molecular formula is C16H17N3O3. The summed E-state index contributed by atoms with van der Waals surface area (Å²) in [4.78, 5) is 18.7. The van der Waals surface area contributed by atoms with Crippen LogP contribution in [0.5, 0.6) is 5.75 Å². The highest BCUT2D eigenvalue weighted by molar-refractivity contribution is 5.84. The molecule has 3 unspecified atom stereocenters. The van der Waals surface area contributed by atoms with Gasteiger partial charge in [0.05, 0.1) is 18.4 Å². The zero-order chi connectivity index (χ0) is 15.7. The van der Waals surface area contributed by atoms with E-state index in [1.807, 2.05) is 25.1 Å². The van der Waals surface area contributed by atoms with Gasteiger partial charge in [-0.05, 0) is 13.0 Å². The predicted molar refractivity (Wildman–Crippen MR) is 81.3 cm³/mol. The largest absolute Gasteiger partial charge is 0.487 e. The van der Waals surface area contributed by atoms with Crippen LogP contribution < -0.4 is 10.1 Å². The van der Waals surface area contributed by atoms with E-state index in [1.54, 1.807) is 0 Å². The zero-order valence-corrected chi connectivity index (χ0v) is 12.4. The molecule has 0 aliphatic carbocycles. The Morgan fingerprint density at radius 3 is 2.73 bits per heavy atom. The minimum Gasteiger partial charge on any atom is -0.487 e. The highest BCUT2D eigenvalue weighted by atomic mass is 16.5. The number of anilines is 1. The van der Waals surface area contributed by atoms with Crippen LogP contribution in [0.4, 0.5) is 5.82 Å². The summed E-state index contributed by atoms with van der Waals surface area (Å²) in [5.74, 6) is 0.630. The van der Waals surface area contributed by atoms with E-state index in [1.165, 1.54) is 18.0 Å². The highest BCUT2D eigenvalue weighted by Gasteiger charge is 2.34. The van der Waals surface area contributed by atoms with Crippen molar-refractivity contribution in [2.45, 2.75) is 31.9 Å². The maximum atomic E-state index is 10.8. The Hall–Kier alpha value is -2.63. The van der Waals surface area contributed by atoms with Crippen LogP contribution in [0.15, 0.2) is 36.7 Å². The molecule has 2 heterocycles. The second-order valence-corrected chi connectivity index (χ2v) is 5.43. The second kappa shape index (κ2) is 5.63. The third kappa shape index (κ3) is 2.59. The van der Waals surface area contributed by atoms with Gasteiger partial charge >= 0.3 is 5.97 Å². The third-order valence-corrected chi connectivity index (χ3v) is 3.90. The first-order valence-corrected chi connectivity index (χ1v) is 7.13. The number of hydrogen-bond acceptors (Lipinski definition) is 5. The lowest BCUT2D eigenvalue weighted by Gasteiger charge is -2.24. The first-order valence-electron chi connectivity index (χ1n) is 7.13. The fourth-order valence-corrected chi connectivity index (χ4v) is 2.75. The number of aromatic carboxylic acids is 1. The van der Waals surface area contributed by atoms with Gasteiger partial charge in [-0.3, -0.25) is 0 Å². The maximum Gasteiger partial charge on any atom is 0.356 e. The Bertz CT molecular complexity index is 687. The number of benzene rings is 1. The maximum absolute atomic E-state index is 10.8. The fourth-order valence-electron chi connectivity index (χ4n) is 2.75. The number of aromatic nitrogens is 2. The molecule has 0 fully saturated rings. The number of hydrogen-bond donors (Lipinski definition) is 2. The van der Waals surface area contributed by atoms with E-state index < -0.39 is 5.97 Å². The van der Waals surface area contributed by atoms with Crippen LogP contribution in [0.1, 0.15) is 35.8 Å². The minimum absolute atomic E-state index is 0.00683. The van der Waals surface area contributed by atoms with Crippen LogP contribution in [0.25, 0.3) is 0 Å². The summed E-state index contributed by atoms with van der Waals surface area (Å²) in [6, 6.07) is 8.03. The molecule has 1 aliphatic rings. The summed E-state index contributed by atoms with van der Waals surface area (Å²) in [6.45, 7) is 4.15. The number of carbonyl (C=O) groups is 1.